The maximum Gasteiger partial charge on any atom is 0.265 e. The van der Waals surface area contributed by atoms with Gasteiger partial charge in [0.25, 0.3) is 6.43 Å². The lowest BCUT2D eigenvalue weighted by molar-refractivity contribution is -0.138. The summed E-state index contributed by atoms with van der Waals surface area (Å²) in [5, 5.41) is 14.1. The largest absolute Gasteiger partial charge is 0.494 e. The summed E-state index contributed by atoms with van der Waals surface area (Å²) in [5.74, 6) is -1.73. The van der Waals surface area contributed by atoms with E-state index in [2.05, 4.69) is 10.3 Å². The lowest BCUT2D eigenvalue weighted by Gasteiger charge is -2.66. The number of fused-ring (bicyclic) bond motifs is 2. The SMILES string of the molecule is COc1cc(F)c(-c2cc(CCl)c(N3CCC4CC3[C@@]4(NCc3ccccc3)[C@H](O)C(F)F)cn2)cc1F. The molecule has 2 saturated heterocycles. The predicted octanol–water partition coefficient (Wildman–Crippen LogP) is 5.53. The summed E-state index contributed by atoms with van der Waals surface area (Å²) in [6.45, 7) is 0.893. The van der Waals surface area contributed by atoms with Crippen LogP contribution in [0.25, 0.3) is 11.3 Å². The molecule has 4 atom stereocenters. The molecule has 2 unspecified atom stereocenters. The second-order valence-electron chi connectivity index (χ2n) is 9.78. The van der Waals surface area contributed by atoms with Crippen LogP contribution < -0.4 is 15.0 Å². The molecule has 0 spiro atoms. The number of aliphatic hydroxyl groups is 1. The fraction of sp³-hybridized carbons (Fsp3) is 0.393. The van der Waals surface area contributed by atoms with Gasteiger partial charge in [0.05, 0.1) is 36.3 Å². The van der Waals surface area contributed by atoms with E-state index in [4.69, 9.17) is 16.3 Å². The third-order valence-electron chi connectivity index (χ3n) is 7.94. The van der Waals surface area contributed by atoms with Gasteiger partial charge >= 0.3 is 0 Å². The number of anilines is 1. The van der Waals surface area contributed by atoms with Crippen LogP contribution in [-0.2, 0) is 12.4 Å². The molecule has 3 fully saturated rings. The number of pyridine rings is 1. The number of ether oxygens (including phenoxy) is 1. The topological polar surface area (TPSA) is 57.6 Å². The zero-order valence-corrected chi connectivity index (χ0v) is 21.4. The standard InChI is InChI=1S/C28H28ClF4N3O2/c1-38-24-12-20(30)19(11-21(24)31)22-9-17(13-29)23(15-34-22)36-8-7-18-10-25(36)28(18,26(37)27(32)33)35-14-16-5-3-2-4-6-16/h2-6,9,11-12,15,18,25-27,35,37H,7-8,10,13-14H2,1H3/t18?,25?,26-,28-/m1/s1. The summed E-state index contributed by atoms with van der Waals surface area (Å²) in [4.78, 5) is 6.35. The predicted molar refractivity (Wildman–Crippen MR) is 138 cm³/mol. The molecule has 2 N–H and O–H groups in total. The minimum atomic E-state index is -2.93. The van der Waals surface area contributed by atoms with E-state index in [1.807, 2.05) is 35.2 Å². The second kappa shape index (κ2) is 10.7. The minimum absolute atomic E-state index is 0.0413. The lowest BCUT2D eigenvalue weighted by Crippen LogP contribution is -2.81. The molecule has 6 rings (SSSR count). The third kappa shape index (κ3) is 4.50. The van der Waals surface area contributed by atoms with Crippen molar-refractivity contribution in [2.75, 3.05) is 18.6 Å². The van der Waals surface area contributed by atoms with Gasteiger partial charge in [-0.3, -0.25) is 4.98 Å². The van der Waals surface area contributed by atoms with E-state index in [1.54, 1.807) is 6.07 Å². The summed E-state index contributed by atoms with van der Waals surface area (Å²) >= 11 is 6.29. The Kier molecular flexibility index (Phi) is 7.53. The van der Waals surface area contributed by atoms with Crippen molar-refractivity contribution in [3.05, 3.63) is 77.5 Å². The van der Waals surface area contributed by atoms with E-state index in [9.17, 15) is 22.7 Å². The summed E-state index contributed by atoms with van der Waals surface area (Å²) in [6, 6.07) is 12.6. The first-order chi connectivity index (χ1) is 18.3. The minimum Gasteiger partial charge on any atom is -0.494 e. The van der Waals surface area contributed by atoms with E-state index in [-0.39, 0.29) is 28.8 Å². The Balaban J connectivity index is 1.48. The van der Waals surface area contributed by atoms with Crippen LogP contribution in [0.2, 0.25) is 0 Å². The Morgan fingerprint density at radius 1 is 1.18 bits per heavy atom. The number of alkyl halides is 3. The number of nitrogens with one attached hydrogen (secondary N) is 1. The molecule has 3 aromatic rings. The monoisotopic (exact) mass is 549 g/mol. The van der Waals surface area contributed by atoms with E-state index in [1.165, 1.54) is 13.3 Å². The van der Waals surface area contributed by atoms with Gasteiger partial charge in [0.15, 0.2) is 11.6 Å². The van der Waals surface area contributed by atoms with Crippen LogP contribution in [0.4, 0.5) is 23.2 Å². The van der Waals surface area contributed by atoms with Crippen molar-refractivity contribution < 1.29 is 27.4 Å². The number of halogens is 5. The quantitative estimate of drug-likeness (QED) is 0.272. The molecule has 2 bridgehead atoms. The summed E-state index contributed by atoms with van der Waals surface area (Å²) in [7, 11) is 1.25. The third-order valence-corrected chi connectivity index (χ3v) is 8.22. The Bertz CT molecular complexity index is 1300. The van der Waals surface area contributed by atoms with Gasteiger partial charge in [-0.25, -0.2) is 17.6 Å². The number of piperidine rings is 2. The van der Waals surface area contributed by atoms with Gasteiger partial charge in [0.1, 0.15) is 11.9 Å². The molecule has 2 aromatic carbocycles. The Hall–Kier alpha value is -2.88. The molecular weight excluding hydrogens is 522 g/mol. The Labute approximate surface area is 223 Å². The molecule has 2 aliphatic heterocycles. The first-order valence-corrected chi connectivity index (χ1v) is 12.9. The molecule has 1 saturated carbocycles. The highest BCUT2D eigenvalue weighted by Crippen LogP contribution is 2.53. The van der Waals surface area contributed by atoms with Crippen LogP contribution in [-0.4, -0.2) is 47.9 Å². The molecule has 38 heavy (non-hydrogen) atoms. The summed E-state index contributed by atoms with van der Waals surface area (Å²) in [5.41, 5.74) is 1.06. The van der Waals surface area contributed by atoms with Crippen molar-refractivity contribution in [3.8, 4) is 17.0 Å². The van der Waals surface area contributed by atoms with Crippen molar-refractivity contribution in [3.63, 3.8) is 0 Å². The van der Waals surface area contributed by atoms with Crippen LogP contribution in [0.1, 0.15) is 24.0 Å². The molecule has 3 aliphatic rings. The van der Waals surface area contributed by atoms with Crippen molar-refractivity contribution in [1.82, 2.24) is 10.3 Å². The molecule has 10 heteroatoms. The second-order valence-corrected chi connectivity index (χ2v) is 10.0. The summed E-state index contributed by atoms with van der Waals surface area (Å²) in [6.07, 6.45) is -2.08. The highest BCUT2D eigenvalue weighted by atomic mass is 35.5. The molecule has 202 valence electrons. The molecule has 0 amide bonds. The van der Waals surface area contributed by atoms with Crippen LogP contribution in [0.3, 0.4) is 0 Å². The molecule has 0 radical (unpaired) electrons. The van der Waals surface area contributed by atoms with Crippen LogP contribution in [0, 0.1) is 17.6 Å². The van der Waals surface area contributed by atoms with Crippen molar-refractivity contribution in [2.45, 2.75) is 49.4 Å². The number of methoxy groups -OCH3 is 1. The number of aromatic nitrogens is 1. The molecule has 3 heterocycles. The number of aliphatic hydroxyl groups excluding tert-OH is 1. The van der Waals surface area contributed by atoms with E-state index < -0.39 is 35.7 Å². The van der Waals surface area contributed by atoms with Crippen molar-refractivity contribution >= 4 is 17.3 Å². The Morgan fingerprint density at radius 2 is 1.95 bits per heavy atom. The molecule has 5 nitrogen and oxygen atoms in total. The number of hydrogen-bond donors (Lipinski definition) is 2. The highest BCUT2D eigenvalue weighted by molar-refractivity contribution is 6.17. The van der Waals surface area contributed by atoms with Crippen LogP contribution in [0.15, 0.2) is 54.7 Å². The zero-order chi connectivity index (χ0) is 27.0. The number of hydrogen-bond acceptors (Lipinski definition) is 5. The summed E-state index contributed by atoms with van der Waals surface area (Å²) < 4.78 is 61.9. The van der Waals surface area contributed by atoms with Crippen molar-refractivity contribution in [2.24, 2.45) is 5.92 Å². The van der Waals surface area contributed by atoms with Gasteiger partial charge in [-0.1, -0.05) is 30.3 Å². The van der Waals surface area contributed by atoms with Gasteiger partial charge in [0.2, 0.25) is 0 Å². The average Bonchev–Trinajstić information content (AvgIpc) is 2.94. The van der Waals surface area contributed by atoms with Crippen LogP contribution >= 0.6 is 11.6 Å². The van der Waals surface area contributed by atoms with Gasteiger partial charge in [-0.2, -0.15) is 0 Å². The number of nitrogens with zero attached hydrogens (tertiary/aromatic N) is 2. The van der Waals surface area contributed by atoms with Gasteiger partial charge in [-0.05, 0) is 42.0 Å². The number of benzene rings is 2. The highest BCUT2D eigenvalue weighted by Gasteiger charge is 2.65. The maximum atomic E-state index is 14.7. The first-order valence-electron chi connectivity index (χ1n) is 12.4. The normalized spacial score (nSPS) is 23.3. The number of rotatable bonds is 9. The fourth-order valence-corrected chi connectivity index (χ4v) is 6.21. The molecular formula is C28H28ClF4N3O2. The fourth-order valence-electron chi connectivity index (χ4n) is 6.00. The van der Waals surface area contributed by atoms with Gasteiger partial charge in [-0.15, -0.1) is 11.6 Å². The molecule has 1 aliphatic carbocycles. The smallest absolute Gasteiger partial charge is 0.265 e. The van der Waals surface area contributed by atoms with E-state index in [0.717, 1.165) is 17.7 Å². The van der Waals surface area contributed by atoms with Crippen LogP contribution in [0.5, 0.6) is 5.75 Å². The zero-order valence-electron chi connectivity index (χ0n) is 20.7. The van der Waals surface area contributed by atoms with E-state index in [0.29, 0.717) is 37.2 Å². The lowest BCUT2D eigenvalue weighted by atomic mass is 9.55. The van der Waals surface area contributed by atoms with E-state index >= 15 is 0 Å². The average molecular weight is 550 g/mol. The Morgan fingerprint density at radius 3 is 2.61 bits per heavy atom. The maximum absolute atomic E-state index is 14.7. The van der Waals surface area contributed by atoms with Gasteiger partial charge < -0.3 is 20.1 Å². The van der Waals surface area contributed by atoms with Crippen molar-refractivity contribution in [1.29, 1.82) is 0 Å². The first kappa shape index (κ1) is 26.7. The molecule has 1 aromatic heterocycles. The van der Waals surface area contributed by atoms with Gasteiger partial charge in [0, 0.05) is 30.6 Å².